The number of primary amides is 1. The fraction of sp³-hybridized carbons (Fsp3) is 0.118. The molecule has 152 valence electrons. The Balaban J connectivity index is 1.90. The third-order valence-corrected chi connectivity index (χ3v) is 4.96. The van der Waals surface area contributed by atoms with E-state index >= 15 is 0 Å². The van der Waals surface area contributed by atoms with Crippen LogP contribution in [-0.2, 0) is 0 Å². The first-order chi connectivity index (χ1) is 13.7. The highest BCUT2D eigenvalue weighted by Crippen LogP contribution is 2.34. The molecule has 0 saturated carbocycles. The maximum absolute atomic E-state index is 12.6. The van der Waals surface area contributed by atoms with E-state index in [2.05, 4.69) is 25.3 Å². The minimum Gasteiger partial charge on any atom is -0.433 e. The number of nitrogen functional groups attached to an aromatic ring is 1. The molecule has 0 bridgehead atoms. The van der Waals surface area contributed by atoms with Crippen LogP contribution in [0.4, 0.5) is 36.9 Å². The number of nitrogens with one attached hydrogen (secondary N) is 2. The molecule has 1 aromatic carbocycles. The minimum atomic E-state index is -3.03. The summed E-state index contributed by atoms with van der Waals surface area (Å²) in [5, 5.41) is 8.14. The van der Waals surface area contributed by atoms with Crippen molar-refractivity contribution in [3.8, 4) is 5.75 Å². The number of benzene rings is 1. The van der Waals surface area contributed by atoms with Crippen molar-refractivity contribution in [2.45, 2.75) is 13.5 Å². The predicted molar refractivity (Wildman–Crippen MR) is 109 cm³/mol. The molecule has 2 aromatic heterocycles. The predicted octanol–water partition coefficient (Wildman–Crippen LogP) is 4.27. The van der Waals surface area contributed by atoms with Crippen molar-refractivity contribution in [1.82, 2.24) is 9.97 Å². The van der Waals surface area contributed by atoms with Gasteiger partial charge in [0.15, 0.2) is 11.6 Å². The largest absolute Gasteiger partial charge is 0.433 e. The number of aryl methyl sites for hydroxylation is 1. The highest BCUT2D eigenvalue weighted by atomic mass is 35.5. The van der Waals surface area contributed by atoms with Crippen molar-refractivity contribution in [2.24, 2.45) is 5.73 Å². The maximum Gasteiger partial charge on any atom is 0.387 e. The van der Waals surface area contributed by atoms with Crippen molar-refractivity contribution < 1.29 is 18.3 Å². The number of halogens is 3. The molecule has 0 aliphatic rings. The van der Waals surface area contributed by atoms with E-state index in [0.717, 1.165) is 0 Å². The molecular weight excluding hydrogens is 426 g/mol. The van der Waals surface area contributed by atoms with E-state index in [1.54, 1.807) is 12.3 Å². The summed E-state index contributed by atoms with van der Waals surface area (Å²) >= 11 is 7.40. The Kier molecular flexibility index (Phi) is 5.99. The molecule has 12 heteroatoms. The summed E-state index contributed by atoms with van der Waals surface area (Å²) in [5.41, 5.74) is 12.5. The van der Waals surface area contributed by atoms with Crippen LogP contribution in [0, 0.1) is 6.92 Å². The number of alkyl halides is 2. The van der Waals surface area contributed by atoms with E-state index in [4.69, 9.17) is 23.1 Å². The zero-order valence-corrected chi connectivity index (χ0v) is 16.4. The molecule has 0 fully saturated rings. The van der Waals surface area contributed by atoms with E-state index < -0.39 is 12.5 Å². The van der Waals surface area contributed by atoms with E-state index in [9.17, 15) is 13.6 Å². The van der Waals surface area contributed by atoms with Crippen LogP contribution < -0.4 is 26.8 Å². The number of ether oxygens (including phenoxy) is 1. The number of carbonyl (C=O) groups excluding carboxylic acids is 1. The van der Waals surface area contributed by atoms with Crippen molar-refractivity contribution in [1.29, 1.82) is 0 Å². The van der Waals surface area contributed by atoms with Gasteiger partial charge in [-0.1, -0.05) is 11.6 Å². The van der Waals surface area contributed by atoms with Gasteiger partial charge in [-0.2, -0.15) is 13.8 Å². The van der Waals surface area contributed by atoms with Crippen LogP contribution >= 0.6 is 22.9 Å². The maximum atomic E-state index is 12.6. The molecule has 0 atom stereocenters. The lowest BCUT2D eigenvalue weighted by atomic mass is 10.2. The van der Waals surface area contributed by atoms with Crippen LogP contribution in [0.5, 0.6) is 5.75 Å². The van der Waals surface area contributed by atoms with Gasteiger partial charge in [0.1, 0.15) is 10.0 Å². The summed E-state index contributed by atoms with van der Waals surface area (Å²) in [7, 11) is 0. The lowest BCUT2D eigenvalue weighted by Crippen LogP contribution is -2.13. The normalized spacial score (nSPS) is 10.8. The molecule has 0 unspecified atom stereocenters. The average molecular weight is 441 g/mol. The van der Waals surface area contributed by atoms with E-state index in [-0.39, 0.29) is 33.9 Å². The SMILES string of the molecule is Cc1csc(Nc2nc(Nc3ccc(N)cc3OC(F)F)ncc2Cl)c1C(N)=O. The van der Waals surface area contributed by atoms with Gasteiger partial charge in [0, 0.05) is 11.8 Å². The van der Waals surface area contributed by atoms with Gasteiger partial charge in [-0.15, -0.1) is 11.3 Å². The van der Waals surface area contributed by atoms with Crippen LogP contribution in [-0.4, -0.2) is 22.5 Å². The lowest BCUT2D eigenvalue weighted by Gasteiger charge is -2.13. The molecule has 0 aliphatic carbocycles. The molecule has 3 rings (SSSR count). The number of aromatic nitrogens is 2. The average Bonchev–Trinajstić information content (AvgIpc) is 3.00. The van der Waals surface area contributed by atoms with Crippen LogP contribution in [0.3, 0.4) is 0 Å². The molecule has 1 amide bonds. The molecular formula is C17H15ClF2N6O2S. The summed E-state index contributed by atoms with van der Waals surface area (Å²) in [5.74, 6) is -0.515. The number of nitrogens with two attached hydrogens (primary N) is 2. The molecule has 0 radical (unpaired) electrons. The number of anilines is 5. The van der Waals surface area contributed by atoms with Gasteiger partial charge in [0.25, 0.3) is 5.91 Å². The number of nitrogens with zero attached hydrogens (tertiary/aromatic N) is 2. The highest BCUT2D eigenvalue weighted by molar-refractivity contribution is 7.14. The van der Waals surface area contributed by atoms with Gasteiger partial charge >= 0.3 is 6.61 Å². The number of amides is 1. The second kappa shape index (κ2) is 8.45. The fourth-order valence-electron chi connectivity index (χ4n) is 2.42. The summed E-state index contributed by atoms with van der Waals surface area (Å²) in [6.45, 7) is -1.28. The summed E-state index contributed by atoms with van der Waals surface area (Å²) in [4.78, 5) is 19.9. The van der Waals surface area contributed by atoms with Gasteiger partial charge in [-0.3, -0.25) is 4.79 Å². The standard InChI is InChI=1S/C17H15ClF2N6O2S/c1-7-6-29-15(12(7)13(22)27)25-14-9(18)5-23-17(26-14)24-10-3-2-8(21)4-11(10)28-16(19)20/h2-6,16H,21H2,1H3,(H2,22,27)(H2,23,24,25,26). The van der Waals surface area contributed by atoms with Crippen molar-refractivity contribution >= 4 is 57.0 Å². The number of thiophene rings is 1. The van der Waals surface area contributed by atoms with Crippen LogP contribution in [0.15, 0.2) is 29.8 Å². The Bertz CT molecular complexity index is 1060. The molecule has 0 aliphatic heterocycles. The Hall–Kier alpha value is -3.18. The number of rotatable bonds is 7. The second-order valence-corrected chi connectivity index (χ2v) is 7.05. The number of hydrogen-bond acceptors (Lipinski definition) is 8. The topological polar surface area (TPSA) is 128 Å². The van der Waals surface area contributed by atoms with Gasteiger partial charge in [-0.25, -0.2) is 4.98 Å². The number of carbonyl (C=O) groups is 1. The zero-order valence-electron chi connectivity index (χ0n) is 14.9. The first kappa shape index (κ1) is 20.6. The third kappa shape index (κ3) is 4.81. The Labute approximate surface area is 172 Å². The first-order valence-electron chi connectivity index (χ1n) is 8.03. The van der Waals surface area contributed by atoms with Crippen LogP contribution in [0.25, 0.3) is 0 Å². The molecule has 8 nitrogen and oxygen atoms in total. The summed E-state index contributed by atoms with van der Waals surface area (Å²) in [6, 6.07) is 4.20. The van der Waals surface area contributed by atoms with Gasteiger partial charge in [0.05, 0.1) is 17.4 Å². The molecule has 6 N–H and O–H groups in total. The van der Waals surface area contributed by atoms with Crippen molar-refractivity contribution in [3.63, 3.8) is 0 Å². The summed E-state index contributed by atoms with van der Waals surface area (Å²) in [6.07, 6.45) is 1.31. The van der Waals surface area contributed by atoms with Crippen LogP contribution in [0.1, 0.15) is 15.9 Å². The smallest absolute Gasteiger partial charge is 0.387 e. The number of hydrogen-bond donors (Lipinski definition) is 4. The minimum absolute atomic E-state index is 0.0506. The lowest BCUT2D eigenvalue weighted by molar-refractivity contribution is -0.0493. The van der Waals surface area contributed by atoms with Crippen LogP contribution in [0.2, 0.25) is 5.02 Å². The molecule has 29 heavy (non-hydrogen) atoms. The van der Waals surface area contributed by atoms with Gasteiger partial charge < -0.3 is 26.8 Å². The first-order valence-corrected chi connectivity index (χ1v) is 9.29. The fourth-order valence-corrected chi connectivity index (χ4v) is 3.51. The van der Waals surface area contributed by atoms with Gasteiger partial charge in [-0.05, 0) is 30.0 Å². The van der Waals surface area contributed by atoms with Crippen molar-refractivity contribution in [2.75, 3.05) is 16.4 Å². The third-order valence-electron chi connectivity index (χ3n) is 3.67. The monoisotopic (exact) mass is 440 g/mol. The Morgan fingerprint density at radius 2 is 2.10 bits per heavy atom. The molecule has 0 spiro atoms. The highest BCUT2D eigenvalue weighted by Gasteiger charge is 2.17. The molecule has 3 aromatic rings. The Morgan fingerprint density at radius 3 is 2.79 bits per heavy atom. The molecule has 0 saturated heterocycles. The van der Waals surface area contributed by atoms with E-state index in [0.29, 0.717) is 16.1 Å². The second-order valence-electron chi connectivity index (χ2n) is 5.76. The van der Waals surface area contributed by atoms with E-state index in [1.807, 2.05) is 0 Å². The van der Waals surface area contributed by atoms with Crippen molar-refractivity contribution in [3.05, 3.63) is 45.9 Å². The quantitative estimate of drug-likeness (QED) is 0.404. The summed E-state index contributed by atoms with van der Waals surface area (Å²) < 4.78 is 29.8. The zero-order chi connectivity index (χ0) is 21.1. The van der Waals surface area contributed by atoms with E-state index in [1.165, 1.54) is 35.7 Å². The van der Waals surface area contributed by atoms with Gasteiger partial charge in [0.2, 0.25) is 5.95 Å². The Morgan fingerprint density at radius 1 is 1.34 bits per heavy atom. The molecule has 2 heterocycles.